The van der Waals surface area contributed by atoms with Gasteiger partial charge in [0, 0.05) is 12.6 Å². The summed E-state index contributed by atoms with van der Waals surface area (Å²) in [5.74, 6) is 0.331. The Balaban J connectivity index is 4.41. The van der Waals surface area contributed by atoms with Crippen LogP contribution >= 0.6 is 0 Å². The fraction of sp³-hybridized carbons (Fsp3) is 1.00. The fourth-order valence-corrected chi connectivity index (χ4v) is 3.25. The Morgan fingerprint density at radius 2 is 1.76 bits per heavy atom. The summed E-state index contributed by atoms with van der Waals surface area (Å²) < 4.78 is 26.4. The predicted octanol–water partition coefficient (Wildman–Crippen LogP) is 1.75. The normalized spacial score (nSPS) is 15.2. The van der Waals surface area contributed by atoms with Gasteiger partial charge in [0.2, 0.25) is 10.0 Å². The average molecular weight is 265 g/mol. The first-order valence-corrected chi connectivity index (χ1v) is 7.83. The van der Waals surface area contributed by atoms with E-state index in [1.54, 1.807) is 0 Å². The van der Waals surface area contributed by atoms with Crippen molar-refractivity contribution in [1.82, 2.24) is 4.72 Å². The summed E-state index contributed by atoms with van der Waals surface area (Å²) in [5.41, 5.74) is 0.0130. The van der Waals surface area contributed by atoms with Crippen LogP contribution < -0.4 is 4.72 Å². The number of aliphatic hydroxyl groups excluding tert-OH is 1. The van der Waals surface area contributed by atoms with Crippen LogP contribution in [0, 0.1) is 11.3 Å². The average Bonchev–Trinajstić information content (AvgIpc) is 2.13. The molecule has 0 radical (unpaired) electrons. The second-order valence-corrected chi connectivity index (χ2v) is 7.98. The summed E-state index contributed by atoms with van der Waals surface area (Å²) in [6, 6.07) is -0.176. The molecular formula is C12H27NO3S. The summed E-state index contributed by atoms with van der Waals surface area (Å²) in [6.45, 7) is 9.98. The molecule has 0 aromatic carbocycles. The van der Waals surface area contributed by atoms with Gasteiger partial charge in [-0.25, -0.2) is 13.1 Å². The van der Waals surface area contributed by atoms with Gasteiger partial charge in [-0.15, -0.1) is 0 Å². The molecular weight excluding hydrogens is 238 g/mol. The third-order valence-electron chi connectivity index (χ3n) is 2.70. The van der Waals surface area contributed by atoms with Crippen molar-refractivity contribution in [2.45, 2.75) is 53.5 Å². The maximum Gasteiger partial charge on any atom is 0.211 e. The highest BCUT2D eigenvalue weighted by Crippen LogP contribution is 2.19. The molecule has 104 valence electrons. The zero-order valence-corrected chi connectivity index (χ0v) is 12.5. The zero-order chi connectivity index (χ0) is 13.7. The Kier molecular flexibility index (Phi) is 6.66. The molecule has 0 spiro atoms. The third kappa shape index (κ3) is 8.57. The van der Waals surface area contributed by atoms with E-state index in [9.17, 15) is 8.42 Å². The molecule has 0 rings (SSSR count). The van der Waals surface area contributed by atoms with Crippen molar-refractivity contribution in [2.24, 2.45) is 11.3 Å². The van der Waals surface area contributed by atoms with Gasteiger partial charge in [-0.3, -0.25) is 0 Å². The molecule has 1 atom stereocenters. The number of nitrogens with one attached hydrogen (secondary N) is 1. The smallest absolute Gasteiger partial charge is 0.211 e. The maximum atomic E-state index is 11.9. The highest BCUT2D eigenvalue weighted by atomic mass is 32.2. The van der Waals surface area contributed by atoms with E-state index in [-0.39, 0.29) is 29.7 Å². The number of sulfonamides is 1. The van der Waals surface area contributed by atoms with Crippen molar-refractivity contribution in [2.75, 3.05) is 12.4 Å². The van der Waals surface area contributed by atoms with Gasteiger partial charge in [-0.05, 0) is 24.2 Å². The van der Waals surface area contributed by atoms with Gasteiger partial charge in [0.15, 0.2) is 0 Å². The second kappa shape index (κ2) is 6.71. The lowest BCUT2D eigenvalue weighted by atomic mass is 9.94. The van der Waals surface area contributed by atoms with Gasteiger partial charge < -0.3 is 5.11 Å². The molecule has 1 unspecified atom stereocenters. The van der Waals surface area contributed by atoms with Crippen LogP contribution in [0.1, 0.15) is 47.5 Å². The molecule has 2 N–H and O–H groups in total. The highest BCUT2D eigenvalue weighted by molar-refractivity contribution is 7.89. The van der Waals surface area contributed by atoms with E-state index in [1.807, 2.05) is 34.6 Å². The minimum absolute atomic E-state index is 0.00460. The quantitative estimate of drug-likeness (QED) is 0.737. The second-order valence-electron chi connectivity index (χ2n) is 6.11. The monoisotopic (exact) mass is 265 g/mol. The maximum absolute atomic E-state index is 11.9. The van der Waals surface area contributed by atoms with Crippen LogP contribution in [0.15, 0.2) is 0 Å². The molecule has 0 heterocycles. The minimum atomic E-state index is -3.24. The summed E-state index contributed by atoms with van der Waals surface area (Å²) >= 11 is 0. The summed E-state index contributed by atoms with van der Waals surface area (Å²) in [4.78, 5) is 0. The van der Waals surface area contributed by atoms with Crippen LogP contribution in [0.3, 0.4) is 0 Å². The van der Waals surface area contributed by atoms with Gasteiger partial charge in [-0.1, -0.05) is 34.6 Å². The predicted molar refractivity (Wildman–Crippen MR) is 71.3 cm³/mol. The van der Waals surface area contributed by atoms with Crippen LogP contribution in [0.2, 0.25) is 0 Å². The minimum Gasteiger partial charge on any atom is -0.396 e. The van der Waals surface area contributed by atoms with Crippen molar-refractivity contribution < 1.29 is 13.5 Å². The van der Waals surface area contributed by atoms with E-state index in [4.69, 9.17) is 5.11 Å². The lowest BCUT2D eigenvalue weighted by Crippen LogP contribution is -2.40. The number of aliphatic hydroxyl groups is 1. The molecule has 5 heteroatoms. The van der Waals surface area contributed by atoms with Gasteiger partial charge in [0.05, 0.1) is 5.75 Å². The van der Waals surface area contributed by atoms with Crippen LogP contribution in [0.25, 0.3) is 0 Å². The van der Waals surface area contributed by atoms with Gasteiger partial charge in [-0.2, -0.15) is 0 Å². The molecule has 0 bridgehead atoms. The van der Waals surface area contributed by atoms with E-state index < -0.39 is 10.0 Å². The summed E-state index contributed by atoms with van der Waals surface area (Å²) in [7, 11) is -3.24. The molecule has 0 amide bonds. The van der Waals surface area contributed by atoms with Crippen LogP contribution in [0.4, 0.5) is 0 Å². The molecule has 17 heavy (non-hydrogen) atoms. The van der Waals surface area contributed by atoms with Crippen LogP contribution in [-0.2, 0) is 10.0 Å². The largest absolute Gasteiger partial charge is 0.396 e. The SMILES string of the molecule is CC(C)C(CCO)NS(=O)(=O)CCC(C)(C)C. The van der Waals surface area contributed by atoms with Crippen molar-refractivity contribution in [3.05, 3.63) is 0 Å². The van der Waals surface area contributed by atoms with E-state index >= 15 is 0 Å². The lowest BCUT2D eigenvalue weighted by molar-refractivity contribution is 0.255. The topological polar surface area (TPSA) is 66.4 Å². The van der Waals surface area contributed by atoms with Crippen LogP contribution in [-0.4, -0.2) is 31.9 Å². The third-order valence-corrected chi connectivity index (χ3v) is 4.10. The van der Waals surface area contributed by atoms with Crippen molar-refractivity contribution in [3.8, 4) is 0 Å². The first-order chi connectivity index (χ1) is 7.57. The Bertz CT molecular complexity index is 304. The standard InChI is InChI=1S/C12H27NO3S/c1-10(2)11(6-8-14)13-17(15,16)9-7-12(3,4)5/h10-11,13-14H,6-9H2,1-5H3. The van der Waals surface area contributed by atoms with Crippen molar-refractivity contribution in [1.29, 1.82) is 0 Å². The molecule has 0 fully saturated rings. The Labute approximate surface area is 106 Å². The molecule has 0 saturated heterocycles. The molecule has 4 nitrogen and oxygen atoms in total. The molecule has 0 aliphatic carbocycles. The number of hydrogen-bond donors (Lipinski definition) is 2. The number of rotatable bonds is 7. The fourth-order valence-electron chi connectivity index (χ4n) is 1.40. The molecule has 0 aromatic heterocycles. The Morgan fingerprint density at radius 1 is 1.24 bits per heavy atom. The number of hydrogen-bond acceptors (Lipinski definition) is 3. The zero-order valence-electron chi connectivity index (χ0n) is 11.7. The molecule has 0 aromatic rings. The van der Waals surface area contributed by atoms with Gasteiger partial charge in [0.25, 0.3) is 0 Å². The Hall–Kier alpha value is -0.130. The summed E-state index contributed by atoms with van der Waals surface area (Å²) in [5, 5.41) is 8.91. The highest BCUT2D eigenvalue weighted by Gasteiger charge is 2.22. The van der Waals surface area contributed by atoms with E-state index in [0.29, 0.717) is 12.8 Å². The molecule has 0 aliphatic heterocycles. The first kappa shape index (κ1) is 16.9. The van der Waals surface area contributed by atoms with Crippen LogP contribution in [0.5, 0.6) is 0 Å². The first-order valence-electron chi connectivity index (χ1n) is 6.18. The van der Waals surface area contributed by atoms with Gasteiger partial charge in [0.1, 0.15) is 0 Å². The molecule has 0 saturated carbocycles. The Morgan fingerprint density at radius 3 is 2.12 bits per heavy atom. The summed E-state index contributed by atoms with van der Waals surface area (Å²) in [6.07, 6.45) is 1.10. The van der Waals surface area contributed by atoms with E-state index in [0.717, 1.165) is 0 Å². The van der Waals surface area contributed by atoms with Crippen molar-refractivity contribution >= 4 is 10.0 Å². The van der Waals surface area contributed by atoms with E-state index in [2.05, 4.69) is 4.72 Å². The van der Waals surface area contributed by atoms with Gasteiger partial charge >= 0.3 is 0 Å². The van der Waals surface area contributed by atoms with E-state index in [1.165, 1.54) is 0 Å². The lowest BCUT2D eigenvalue weighted by Gasteiger charge is -2.23. The molecule has 0 aliphatic rings. The van der Waals surface area contributed by atoms with Crippen molar-refractivity contribution in [3.63, 3.8) is 0 Å².